The van der Waals surface area contributed by atoms with Crippen molar-refractivity contribution in [1.29, 1.82) is 0 Å². The van der Waals surface area contributed by atoms with E-state index in [2.05, 4.69) is 4.98 Å². The molecule has 204 valence electrons. The molecule has 0 atom stereocenters. The zero-order chi connectivity index (χ0) is 28.3. The van der Waals surface area contributed by atoms with E-state index in [0.717, 1.165) is 10.9 Å². The maximum absolute atomic E-state index is 13.6. The molecule has 0 saturated carbocycles. The number of benzene rings is 2. The Morgan fingerprint density at radius 1 is 1.08 bits per heavy atom. The summed E-state index contributed by atoms with van der Waals surface area (Å²) in [5.74, 6) is -0.131. The van der Waals surface area contributed by atoms with Crippen molar-refractivity contribution in [3.8, 4) is 16.3 Å². The van der Waals surface area contributed by atoms with E-state index in [1.807, 2.05) is 13.8 Å². The zero-order valence-corrected chi connectivity index (χ0v) is 23.2. The number of esters is 1. The van der Waals surface area contributed by atoms with Crippen LogP contribution in [0.1, 0.15) is 79.0 Å². The summed E-state index contributed by atoms with van der Waals surface area (Å²) in [5.41, 5.74) is 0.0173. The summed E-state index contributed by atoms with van der Waals surface area (Å²) in [5, 5.41) is 0.297. The molecule has 5 nitrogen and oxygen atoms in total. The number of alkyl halides is 3. The van der Waals surface area contributed by atoms with Crippen LogP contribution in [0.5, 0.6) is 5.75 Å². The predicted molar refractivity (Wildman–Crippen MR) is 142 cm³/mol. The molecule has 2 aromatic carbocycles. The molecule has 0 saturated heterocycles. The van der Waals surface area contributed by atoms with Gasteiger partial charge in [0.2, 0.25) is 0 Å². The van der Waals surface area contributed by atoms with Crippen LogP contribution in [0.3, 0.4) is 0 Å². The van der Waals surface area contributed by atoms with Gasteiger partial charge in [-0.15, -0.1) is 11.3 Å². The predicted octanol–water partition coefficient (Wildman–Crippen LogP) is 7.80. The minimum atomic E-state index is -4.49. The van der Waals surface area contributed by atoms with Gasteiger partial charge in [0, 0.05) is 22.4 Å². The van der Waals surface area contributed by atoms with Crippen LogP contribution in [0.15, 0.2) is 42.5 Å². The lowest BCUT2D eigenvalue weighted by molar-refractivity contribution is -0.158. The Labute approximate surface area is 225 Å². The van der Waals surface area contributed by atoms with Crippen molar-refractivity contribution >= 4 is 23.1 Å². The standard InChI is InChI=1S/C29H32F3NO4S/c1-7-36-27(35)28(5,6)37-23-14-12-19(16-18(23)4)22(34)13-15-24-25(17(2)3)33-26(38-24)20-10-8-9-11-21(20)29(30,31)32/h8-12,14,16-17H,7,13,15H2,1-6H3. The minimum absolute atomic E-state index is 0.00965. The normalized spacial score (nSPS) is 12.1. The molecule has 38 heavy (non-hydrogen) atoms. The van der Waals surface area contributed by atoms with Crippen LogP contribution < -0.4 is 4.74 Å². The van der Waals surface area contributed by atoms with Crippen molar-refractivity contribution in [2.24, 2.45) is 0 Å². The van der Waals surface area contributed by atoms with Crippen molar-refractivity contribution < 1.29 is 32.2 Å². The first-order valence-corrected chi connectivity index (χ1v) is 13.2. The highest BCUT2D eigenvalue weighted by Gasteiger charge is 2.35. The molecular formula is C29H32F3NO4S. The van der Waals surface area contributed by atoms with E-state index in [9.17, 15) is 22.8 Å². The van der Waals surface area contributed by atoms with Gasteiger partial charge in [0.15, 0.2) is 11.4 Å². The molecule has 3 aromatic rings. The number of aryl methyl sites for hydroxylation is 2. The van der Waals surface area contributed by atoms with Crippen LogP contribution in [0.25, 0.3) is 10.6 Å². The largest absolute Gasteiger partial charge is 0.476 e. The molecule has 0 spiro atoms. The molecule has 0 unspecified atom stereocenters. The van der Waals surface area contributed by atoms with E-state index in [-0.39, 0.29) is 30.3 Å². The molecule has 0 aliphatic heterocycles. The quantitative estimate of drug-likeness (QED) is 0.191. The molecule has 1 aromatic heterocycles. The molecule has 0 N–H and O–H groups in total. The molecule has 9 heteroatoms. The van der Waals surface area contributed by atoms with Crippen molar-refractivity contribution in [3.63, 3.8) is 0 Å². The van der Waals surface area contributed by atoms with Gasteiger partial charge in [-0.1, -0.05) is 32.0 Å². The lowest BCUT2D eigenvalue weighted by Crippen LogP contribution is -2.39. The SMILES string of the molecule is CCOC(=O)C(C)(C)Oc1ccc(C(=O)CCc2sc(-c3ccccc3C(F)(F)F)nc2C(C)C)cc1C. The first-order valence-electron chi connectivity index (χ1n) is 12.4. The highest BCUT2D eigenvalue weighted by Crippen LogP contribution is 2.40. The molecule has 1 heterocycles. The number of carbonyl (C=O) groups is 2. The van der Waals surface area contributed by atoms with Gasteiger partial charge < -0.3 is 9.47 Å². The second kappa shape index (κ2) is 11.7. The number of hydrogen-bond donors (Lipinski definition) is 0. The Morgan fingerprint density at radius 3 is 2.37 bits per heavy atom. The van der Waals surface area contributed by atoms with E-state index in [4.69, 9.17) is 9.47 Å². The smallest absolute Gasteiger partial charge is 0.417 e. The van der Waals surface area contributed by atoms with Gasteiger partial charge in [0.1, 0.15) is 10.8 Å². The van der Waals surface area contributed by atoms with Crippen molar-refractivity contribution in [3.05, 3.63) is 69.7 Å². The molecule has 0 radical (unpaired) electrons. The number of halogens is 3. The molecule has 0 aliphatic carbocycles. The summed E-state index contributed by atoms with van der Waals surface area (Å²) in [6, 6.07) is 10.4. The maximum Gasteiger partial charge on any atom is 0.417 e. The average Bonchev–Trinajstić information content (AvgIpc) is 3.28. The van der Waals surface area contributed by atoms with Crippen LogP contribution in [-0.2, 0) is 22.1 Å². The van der Waals surface area contributed by atoms with Gasteiger partial charge in [-0.05, 0) is 69.9 Å². The number of rotatable bonds is 10. The van der Waals surface area contributed by atoms with Crippen LogP contribution in [0.4, 0.5) is 13.2 Å². The van der Waals surface area contributed by atoms with Gasteiger partial charge in [-0.3, -0.25) is 4.79 Å². The Bertz CT molecular complexity index is 1310. The van der Waals surface area contributed by atoms with Crippen molar-refractivity contribution in [1.82, 2.24) is 4.98 Å². The Morgan fingerprint density at radius 2 is 1.76 bits per heavy atom. The number of carbonyl (C=O) groups excluding carboxylic acids is 2. The third kappa shape index (κ3) is 6.81. The van der Waals surface area contributed by atoms with Gasteiger partial charge in [0.05, 0.1) is 17.9 Å². The van der Waals surface area contributed by atoms with Crippen LogP contribution in [0.2, 0.25) is 0 Å². The van der Waals surface area contributed by atoms with E-state index in [0.29, 0.717) is 34.0 Å². The summed E-state index contributed by atoms with van der Waals surface area (Å²) in [4.78, 5) is 30.5. The maximum atomic E-state index is 13.6. The highest BCUT2D eigenvalue weighted by atomic mass is 32.1. The third-order valence-electron chi connectivity index (χ3n) is 5.95. The summed E-state index contributed by atoms with van der Waals surface area (Å²) in [6.45, 7) is 10.8. The lowest BCUT2D eigenvalue weighted by atomic mass is 10.0. The second-order valence-electron chi connectivity index (χ2n) is 9.76. The van der Waals surface area contributed by atoms with E-state index >= 15 is 0 Å². The van der Waals surface area contributed by atoms with Gasteiger partial charge in [-0.2, -0.15) is 13.2 Å². The summed E-state index contributed by atoms with van der Waals surface area (Å²) < 4.78 is 51.6. The lowest BCUT2D eigenvalue weighted by Gasteiger charge is -2.25. The molecular weight excluding hydrogens is 515 g/mol. The Kier molecular flexibility index (Phi) is 9.02. The second-order valence-corrected chi connectivity index (χ2v) is 10.8. The molecule has 0 bridgehead atoms. The fourth-order valence-electron chi connectivity index (χ4n) is 3.96. The first-order chi connectivity index (χ1) is 17.7. The number of ether oxygens (including phenoxy) is 2. The monoisotopic (exact) mass is 547 g/mol. The number of thiazole rings is 1. The molecule has 3 rings (SSSR count). The number of Topliss-reactive ketones (excluding diaryl/α,β-unsaturated/α-hetero) is 1. The van der Waals surface area contributed by atoms with Crippen LogP contribution >= 0.6 is 11.3 Å². The number of hydrogen-bond acceptors (Lipinski definition) is 6. The number of ketones is 1. The Balaban J connectivity index is 1.78. The first kappa shape index (κ1) is 29.4. The fraction of sp³-hybridized carbons (Fsp3) is 0.414. The minimum Gasteiger partial charge on any atom is -0.476 e. The van der Waals surface area contributed by atoms with Crippen LogP contribution in [0, 0.1) is 6.92 Å². The van der Waals surface area contributed by atoms with Crippen LogP contribution in [-0.4, -0.2) is 28.9 Å². The summed E-state index contributed by atoms with van der Waals surface area (Å²) in [7, 11) is 0. The number of nitrogens with zero attached hydrogens (tertiary/aromatic N) is 1. The summed E-state index contributed by atoms with van der Waals surface area (Å²) in [6.07, 6.45) is -3.95. The third-order valence-corrected chi connectivity index (χ3v) is 7.11. The summed E-state index contributed by atoms with van der Waals surface area (Å²) >= 11 is 1.20. The van der Waals surface area contributed by atoms with E-state index in [1.54, 1.807) is 52.0 Å². The van der Waals surface area contributed by atoms with E-state index < -0.39 is 23.3 Å². The van der Waals surface area contributed by atoms with Gasteiger partial charge in [0.25, 0.3) is 0 Å². The van der Waals surface area contributed by atoms with Gasteiger partial charge >= 0.3 is 12.1 Å². The van der Waals surface area contributed by atoms with Gasteiger partial charge in [-0.25, -0.2) is 9.78 Å². The molecule has 0 fully saturated rings. The van der Waals surface area contributed by atoms with Crippen molar-refractivity contribution in [2.45, 2.75) is 72.1 Å². The average molecular weight is 548 g/mol. The zero-order valence-electron chi connectivity index (χ0n) is 22.4. The highest BCUT2D eigenvalue weighted by molar-refractivity contribution is 7.15. The number of aromatic nitrogens is 1. The topological polar surface area (TPSA) is 65.5 Å². The molecule has 0 aliphatic rings. The Hall–Kier alpha value is -3.20. The van der Waals surface area contributed by atoms with Crippen molar-refractivity contribution in [2.75, 3.05) is 6.61 Å². The van der Waals surface area contributed by atoms with E-state index in [1.165, 1.54) is 23.5 Å². The molecule has 0 amide bonds. The fourth-order valence-corrected chi connectivity index (χ4v) is 5.21.